The van der Waals surface area contributed by atoms with E-state index >= 15 is 0 Å². The molecule has 1 aromatic heterocycles. The van der Waals surface area contributed by atoms with Crippen LogP contribution in [-0.4, -0.2) is 21.6 Å². The Balaban J connectivity index is 1.67. The van der Waals surface area contributed by atoms with Gasteiger partial charge in [-0.2, -0.15) is 0 Å². The minimum atomic E-state index is -0.560. The molecule has 33 heavy (non-hydrogen) atoms. The van der Waals surface area contributed by atoms with Gasteiger partial charge in [-0.05, 0) is 61.0 Å². The second-order valence-electron chi connectivity index (χ2n) is 7.41. The lowest BCUT2D eigenvalue weighted by Gasteiger charge is -2.14. The van der Waals surface area contributed by atoms with Crippen molar-refractivity contribution < 1.29 is 9.53 Å². The number of carbonyl (C=O) groups is 1. The minimum absolute atomic E-state index is 0.0696. The fourth-order valence-corrected chi connectivity index (χ4v) is 3.71. The molecule has 1 heterocycles. The number of ether oxygens (including phenoxy) is 1. The molecule has 0 unspecified atom stereocenters. The van der Waals surface area contributed by atoms with Gasteiger partial charge in [0, 0.05) is 10.7 Å². The van der Waals surface area contributed by atoms with Crippen molar-refractivity contribution in [2.75, 3.05) is 11.9 Å². The average Bonchev–Trinajstić information content (AvgIpc) is 2.82. The number of fused-ring (bicyclic) bond motifs is 1. The summed E-state index contributed by atoms with van der Waals surface area (Å²) < 4.78 is 7.86. The van der Waals surface area contributed by atoms with Crippen LogP contribution in [0.2, 0.25) is 5.02 Å². The van der Waals surface area contributed by atoms with E-state index in [-0.39, 0.29) is 19.0 Å². The Kier molecular flexibility index (Phi) is 6.60. The third-order valence-corrected chi connectivity index (χ3v) is 5.39. The van der Waals surface area contributed by atoms with Crippen molar-refractivity contribution in [3.05, 3.63) is 104 Å². The zero-order chi connectivity index (χ0) is 23.4. The molecule has 1 N–H and O–H groups in total. The number of hydrogen-bond donors (Lipinski definition) is 1. The summed E-state index contributed by atoms with van der Waals surface area (Å²) in [5.41, 5.74) is 0.764. The van der Waals surface area contributed by atoms with Crippen LogP contribution in [0.5, 0.6) is 5.75 Å². The SMILES string of the molecule is CCOc1ccc(NC(=O)Cn2c(=O)n(Cc3ccc(Cl)cc3)c(=O)c3ccccc32)cc1. The van der Waals surface area contributed by atoms with E-state index in [4.69, 9.17) is 16.3 Å². The van der Waals surface area contributed by atoms with Crippen LogP contribution in [0.25, 0.3) is 10.9 Å². The monoisotopic (exact) mass is 463 g/mol. The lowest BCUT2D eigenvalue weighted by atomic mass is 10.2. The molecule has 4 aromatic rings. The van der Waals surface area contributed by atoms with Crippen LogP contribution in [0.4, 0.5) is 5.69 Å². The summed E-state index contributed by atoms with van der Waals surface area (Å²) in [6.07, 6.45) is 0. The summed E-state index contributed by atoms with van der Waals surface area (Å²) in [4.78, 5) is 39.1. The van der Waals surface area contributed by atoms with Gasteiger partial charge in [-0.1, -0.05) is 35.9 Å². The van der Waals surface area contributed by atoms with Crippen LogP contribution in [0, 0.1) is 0 Å². The largest absolute Gasteiger partial charge is 0.494 e. The smallest absolute Gasteiger partial charge is 0.332 e. The van der Waals surface area contributed by atoms with Crippen LogP contribution < -0.4 is 21.3 Å². The number of rotatable bonds is 7. The third-order valence-electron chi connectivity index (χ3n) is 5.14. The van der Waals surface area contributed by atoms with E-state index in [1.807, 2.05) is 6.92 Å². The molecule has 0 saturated carbocycles. The van der Waals surface area contributed by atoms with E-state index in [9.17, 15) is 14.4 Å². The summed E-state index contributed by atoms with van der Waals surface area (Å²) in [6.45, 7) is 2.27. The Morgan fingerprint density at radius 1 is 0.939 bits per heavy atom. The normalized spacial score (nSPS) is 10.8. The van der Waals surface area contributed by atoms with Crippen molar-refractivity contribution in [3.8, 4) is 5.75 Å². The fourth-order valence-electron chi connectivity index (χ4n) is 3.58. The molecule has 0 atom stereocenters. The molecule has 0 fully saturated rings. The molecule has 7 nitrogen and oxygen atoms in total. The molecular weight excluding hydrogens is 442 g/mol. The van der Waals surface area contributed by atoms with Gasteiger partial charge >= 0.3 is 5.69 Å². The number of hydrogen-bond acceptors (Lipinski definition) is 4. The predicted octanol–water partition coefficient (Wildman–Crippen LogP) is 3.90. The number of nitrogens with one attached hydrogen (secondary N) is 1. The summed E-state index contributed by atoms with van der Waals surface area (Å²) >= 11 is 5.94. The molecule has 0 radical (unpaired) electrons. The summed E-state index contributed by atoms with van der Waals surface area (Å²) in [5.74, 6) is 0.315. The van der Waals surface area contributed by atoms with Crippen molar-refractivity contribution in [1.29, 1.82) is 0 Å². The number of carbonyl (C=O) groups excluding carboxylic acids is 1. The highest BCUT2D eigenvalue weighted by Crippen LogP contribution is 2.16. The molecule has 3 aromatic carbocycles. The Labute approximate surface area is 194 Å². The van der Waals surface area contributed by atoms with Gasteiger partial charge in [0.1, 0.15) is 12.3 Å². The van der Waals surface area contributed by atoms with E-state index in [2.05, 4.69) is 5.32 Å². The van der Waals surface area contributed by atoms with Gasteiger partial charge < -0.3 is 10.1 Å². The number of benzene rings is 3. The molecule has 0 bridgehead atoms. The molecule has 4 rings (SSSR count). The van der Waals surface area contributed by atoms with Gasteiger partial charge in [-0.15, -0.1) is 0 Å². The number of halogens is 1. The highest BCUT2D eigenvalue weighted by atomic mass is 35.5. The van der Waals surface area contributed by atoms with Crippen LogP contribution in [0.3, 0.4) is 0 Å². The zero-order valence-electron chi connectivity index (χ0n) is 18.0. The number of para-hydroxylation sites is 1. The van der Waals surface area contributed by atoms with Crippen molar-refractivity contribution >= 4 is 34.1 Å². The molecule has 0 aliphatic carbocycles. The second kappa shape index (κ2) is 9.75. The van der Waals surface area contributed by atoms with Gasteiger partial charge in [0.05, 0.1) is 24.1 Å². The van der Waals surface area contributed by atoms with Crippen LogP contribution in [0.1, 0.15) is 12.5 Å². The summed E-state index contributed by atoms with van der Waals surface area (Å²) in [5, 5.41) is 3.71. The topological polar surface area (TPSA) is 82.3 Å². The Bertz CT molecular complexity index is 1410. The van der Waals surface area contributed by atoms with Gasteiger partial charge in [0.25, 0.3) is 5.56 Å². The lowest BCUT2D eigenvalue weighted by Crippen LogP contribution is -2.42. The van der Waals surface area contributed by atoms with E-state index in [0.29, 0.717) is 34.0 Å². The molecule has 0 saturated heterocycles. The number of anilines is 1. The van der Waals surface area contributed by atoms with E-state index in [1.165, 1.54) is 4.57 Å². The molecule has 8 heteroatoms. The van der Waals surface area contributed by atoms with Crippen LogP contribution >= 0.6 is 11.6 Å². The van der Waals surface area contributed by atoms with Crippen molar-refractivity contribution in [2.45, 2.75) is 20.0 Å². The fraction of sp³-hybridized carbons (Fsp3) is 0.160. The van der Waals surface area contributed by atoms with Crippen LogP contribution in [-0.2, 0) is 17.9 Å². The first-order valence-electron chi connectivity index (χ1n) is 10.5. The van der Waals surface area contributed by atoms with E-state index in [1.54, 1.807) is 72.8 Å². The van der Waals surface area contributed by atoms with Gasteiger partial charge in [-0.25, -0.2) is 4.79 Å². The first-order chi connectivity index (χ1) is 16.0. The molecule has 0 aliphatic rings. The summed E-state index contributed by atoms with van der Waals surface area (Å²) in [6, 6.07) is 20.6. The molecular formula is C25H22ClN3O4. The molecule has 1 amide bonds. The maximum atomic E-state index is 13.3. The number of amides is 1. The molecule has 168 valence electrons. The zero-order valence-corrected chi connectivity index (χ0v) is 18.7. The highest BCUT2D eigenvalue weighted by Gasteiger charge is 2.16. The average molecular weight is 464 g/mol. The Hall–Kier alpha value is -3.84. The van der Waals surface area contributed by atoms with Crippen LogP contribution in [0.15, 0.2) is 82.4 Å². The minimum Gasteiger partial charge on any atom is -0.494 e. The highest BCUT2D eigenvalue weighted by molar-refractivity contribution is 6.30. The van der Waals surface area contributed by atoms with E-state index < -0.39 is 11.2 Å². The standard InChI is InChI=1S/C25H22ClN3O4/c1-2-33-20-13-11-19(12-14-20)27-23(30)16-28-22-6-4-3-5-21(22)24(31)29(25(28)32)15-17-7-9-18(26)10-8-17/h3-14H,2,15-16H2,1H3,(H,27,30). The van der Waals surface area contributed by atoms with Gasteiger partial charge in [0.2, 0.25) is 5.91 Å². The Morgan fingerprint density at radius 2 is 1.64 bits per heavy atom. The number of nitrogens with zero attached hydrogens (tertiary/aromatic N) is 2. The van der Waals surface area contributed by atoms with Crippen molar-refractivity contribution in [1.82, 2.24) is 9.13 Å². The second-order valence-corrected chi connectivity index (χ2v) is 7.85. The Morgan fingerprint density at radius 3 is 2.33 bits per heavy atom. The maximum absolute atomic E-state index is 13.3. The summed E-state index contributed by atoms with van der Waals surface area (Å²) in [7, 11) is 0. The van der Waals surface area contributed by atoms with Gasteiger partial charge in [0.15, 0.2) is 0 Å². The lowest BCUT2D eigenvalue weighted by molar-refractivity contribution is -0.116. The first kappa shape index (κ1) is 22.4. The quantitative estimate of drug-likeness (QED) is 0.450. The first-order valence-corrected chi connectivity index (χ1v) is 10.8. The number of aromatic nitrogens is 2. The van der Waals surface area contributed by atoms with Gasteiger partial charge in [-0.3, -0.25) is 18.7 Å². The van der Waals surface area contributed by atoms with Crippen molar-refractivity contribution in [2.24, 2.45) is 0 Å². The van der Waals surface area contributed by atoms with Crippen molar-refractivity contribution in [3.63, 3.8) is 0 Å². The molecule has 0 spiro atoms. The van der Waals surface area contributed by atoms with E-state index in [0.717, 1.165) is 10.1 Å². The predicted molar refractivity (Wildman–Crippen MR) is 129 cm³/mol. The maximum Gasteiger partial charge on any atom is 0.332 e. The molecule has 0 aliphatic heterocycles. The third kappa shape index (κ3) is 4.99.